The molecule has 2 saturated heterocycles. The van der Waals surface area contributed by atoms with Gasteiger partial charge < -0.3 is 9.80 Å². The number of benzene rings is 1. The highest BCUT2D eigenvalue weighted by Gasteiger charge is 2.37. The smallest absolute Gasteiger partial charge is 0.320 e. The summed E-state index contributed by atoms with van der Waals surface area (Å²) in [4.78, 5) is 16.6. The molecule has 2 heterocycles. The monoisotopic (exact) mass is 334 g/mol. The van der Waals surface area contributed by atoms with Gasteiger partial charge in [0.05, 0.1) is 19.6 Å². The fourth-order valence-corrected chi connectivity index (χ4v) is 3.98. The van der Waals surface area contributed by atoms with Gasteiger partial charge >= 0.3 is 6.03 Å². The number of carbonyl (C=O) groups excluding carboxylic acids is 1. The number of likely N-dealkylation sites (tertiary alicyclic amines) is 1. The van der Waals surface area contributed by atoms with Crippen molar-refractivity contribution in [3.05, 3.63) is 30.1 Å². The maximum atomic E-state index is 13.3. The number of hydrogen-bond donors (Lipinski definition) is 0. The predicted molar refractivity (Wildman–Crippen MR) is 95.5 cm³/mol. The molecule has 2 aliphatic heterocycles. The first-order valence-electron chi connectivity index (χ1n) is 9.31. The Balaban J connectivity index is 1.70. The highest BCUT2D eigenvalue weighted by Crippen LogP contribution is 2.27. The van der Waals surface area contributed by atoms with Crippen LogP contribution in [0.2, 0.25) is 0 Å². The average Bonchev–Trinajstić information content (AvgIpc) is 3.15. The summed E-state index contributed by atoms with van der Waals surface area (Å²) in [5, 5.41) is 0. The zero-order valence-corrected chi connectivity index (χ0v) is 14.7. The van der Waals surface area contributed by atoms with Crippen LogP contribution in [0.5, 0.6) is 0 Å². The molecule has 0 bridgehead atoms. The van der Waals surface area contributed by atoms with E-state index >= 15 is 0 Å². The highest BCUT2D eigenvalue weighted by atomic mass is 19.1. The molecular weight excluding hydrogens is 305 g/mol. The quantitative estimate of drug-likeness (QED) is 0.774. The van der Waals surface area contributed by atoms with Gasteiger partial charge in [-0.05, 0) is 31.4 Å². The number of piperazine rings is 1. The lowest BCUT2D eigenvalue weighted by Gasteiger charge is -2.45. The Morgan fingerprint density at radius 3 is 2.21 bits per heavy atom. The zero-order valence-electron chi connectivity index (χ0n) is 14.7. The number of rotatable bonds is 4. The van der Waals surface area contributed by atoms with Gasteiger partial charge in [-0.2, -0.15) is 0 Å². The van der Waals surface area contributed by atoms with E-state index in [1.165, 1.54) is 5.69 Å². The third kappa shape index (κ3) is 3.56. The van der Waals surface area contributed by atoms with Crippen molar-refractivity contribution in [2.45, 2.75) is 32.6 Å². The summed E-state index contributed by atoms with van der Waals surface area (Å²) >= 11 is 0. The van der Waals surface area contributed by atoms with Crippen molar-refractivity contribution in [2.24, 2.45) is 0 Å². The Kier molecular flexibility index (Phi) is 5.39. The van der Waals surface area contributed by atoms with E-state index in [1.807, 2.05) is 21.9 Å². The van der Waals surface area contributed by atoms with Crippen molar-refractivity contribution in [3.63, 3.8) is 0 Å². The number of carbonyl (C=O) groups is 1. The van der Waals surface area contributed by atoms with Crippen LogP contribution in [-0.4, -0.2) is 61.6 Å². The second-order valence-electron chi connectivity index (χ2n) is 7.11. The second-order valence-corrected chi connectivity index (χ2v) is 7.11. The highest BCUT2D eigenvalue weighted by molar-refractivity contribution is 5.75. The van der Waals surface area contributed by atoms with E-state index in [4.69, 9.17) is 0 Å². The van der Waals surface area contributed by atoms with Crippen molar-refractivity contribution in [1.29, 1.82) is 0 Å². The van der Waals surface area contributed by atoms with Crippen LogP contribution in [0.3, 0.4) is 0 Å². The third-order valence-electron chi connectivity index (χ3n) is 5.56. The first-order chi connectivity index (χ1) is 11.6. The van der Waals surface area contributed by atoms with Gasteiger partial charge in [-0.25, -0.2) is 9.18 Å². The number of hydrogen-bond acceptors (Lipinski definition) is 1. The second kappa shape index (κ2) is 7.51. The summed E-state index contributed by atoms with van der Waals surface area (Å²) < 4.78 is 14.2. The number of quaternary nitrogens is 1. The van der Waals surface area contributed by atoms with Crippen molar-refractivity contribution >= 4 is 11.7 Å². The molecule has 24 heavy (non-hydrogen) atoms. The molecule has 0 aromatic heterocycles. The van der Waals surface area contributed by atoms with Crippen LogP contribution in [0.15, 0.2) is 24.3 Å². The predicted octanol–water partition coefficient (Wildman–Crippen LogP) is 3.46. The van der Waals surface area contributed by atoms with E-state index in [0.29, 0.717) is 0 Å². The van der Waals surface area contributed by atoms with Crippen LogP contribution in [0.4, 0.5) is 14.9 Å². The molecule has 1 aromatic rings. The van der Waals surface area contributed by atoms with Gasteiger partial charge in [-0.15, -0.1) is 0 Å². The summed E-state index contributed by atoms with van der Waals surface area (Å²) in [6, 6.07) is 7.16. The SMILES string of the molecule is CCCC[N+]1(c2ccc(F)cc2)CCN(C(=O)N2CCCC2)CC1. The zero-order chi connectivity index (χ0) is 17.0. The molecule has 0 atom stereocenters. The normalized spacial score (nSPS) is 20.4. The van der Waals surface area contributed by atoms with Crippen molar-refractivity contribution in [2.75, 3.05) is 45.8 Å². The molecule has 5 heteroatoms. The van der Waals surface area contributed by atoms with E-state index in [-0.39, 0.29) is 11.8 Å². The summed E-state index contributed by atoms with van der Waals surface area (Å²) in [6.45, 7) is 8.50. The molecule has 4 nitrogen and oxygen atoms in total. The van der Waals surface area contributed by atoms with Gasteiger partial charge in [-0.1, -0.05) is 13.3 Å². The van der Waals surface area contributed by atoms with Crippen LogP contribution in [0, 0.1) is 5.82 Å². The van der Waals surface area contributed by atoms with Gasteiger partial charge in [0.1, 0.15) is 24.6 Å². The molecule has 0 unspecified atom stereocenters. The maximum absolute atomic E-state index is 13.3. The Bertz CT molecular complexity index is 546. The number of unbranched alkanes of at least 4 members (excludes halogenated alkanes) is 1. The molecule has 3 rings (SSSR count). The lowest BCUT2D eigenvalue weighted by molar-refractivity contribution is 0.119. The van der Waals surface area contributed by atoms with Crippen LogP contribution in [0.1, 0.15) is 32.6 Å². The van der Waals surface area contributed by atoms with Crippen molar-refractivity contribution < 1.29 is 9.18 Å². The molecule has 1 aromatic carbocycles. The van der Waals surface area contributed by atoms with Gasteiger partial charge in [0.15, 0.2) is 0 Å². The molecule has 0 radical (unpaired) electrons. The number of amides is 2. The van der Waals surface area contributed by atoms with Gasteiger partial charge in [0.2, 0.25) is 0 Å². The molecular formula is C19H29FN3O+. The largest absolute Gasteiger partial charge is 0.325 e. The molecule has 2 amide bonds. The molecule has 0 aliphatic carbocycles. The van der Waals surface area contributed by atoms with E-state index in [9.17, 15) is 9.18 Å². The lowest BCUT2D eigenvalue weighted by atomic mass is 10.1. The van der Waals surface area contributed by atoms with Crippen molar-refractivity contribution in [3.8, 4) is 0 Å². The summed E-state index contributed by atoms with van der Waals surface area (Å²) in [6.07, 6.45) is 4.56. The van der Waals surface area contributed by atoms with Gasteiger partial charge in [0, 0.05) is 25.2 Å². The van der Waals surface area contributed by atoms with Gasteiger partial charge in [-0.3, -0.25) is 4.48 Å². The van der Waals surface area contributed by atoms with Crippen LogP contribution in [-0.2, 0) is 0 Å². The van der Waals surface area contributed by atoms with Crippen molar-refractivity contribution in [1.82, 2.24) is 14.3 Å². The maximum Gasteiger partial charge on any atom is 0.320 e. The molecule has 2 fully saturated rings. The Morgan fingerprint density at radius 1 is 1.04 bits per heavy atom. The Hall–Kier alpha value is -1.62. The molecule has 2 aliphatic rings. The minimum atomic E-state index is -0.185. The molecule has 132 valence electrons. The fourth-order valence-electron chi connectivity index (χ4n) is 3.98. The Morgan fingerprint density at radius 2 is 1.62 bits per heavy atom. The Labute approximate surface area is 144 Å². The van der Waals surface area contributed by atoms with Crippen LogP contribution in [0.25, 0.3) is 0 Å². The molecule has 0 spiro atoms. The van der Waals surface area contributed by atoms with E-state index in [0.717, 1.165) is 76.0 Å². The van der Waals surface area contributed by atoms with E-state index in [1.54, 1.807) is 12.1 Å². The fraction of sp³-hybridized carbons (Fsp3) is 0.632. The standard InChI is InChI=1S/C19H29FN3O/c1-2-3-14-23(18-8-6-17(20)7-9-18)15-12-22(13-16-23)19(24)21-10-4-5-11-21/h6-9H,2-5,10-16H2,1H3/q+1. The number of nitrogens with zero attached hydrogens (tertiary/aromatic N) is 3. The lowest BCUT2D eigenvalue weighted by Crippen LogP contribution is -2.63. The molecule has 0 N–H and O–H groups in total. The summed E-state index contributed by atoms with van der Waals surface area (Å²) in [7, 11) is 0. The number of urea groups is 1. The minimum Gasteiger partial charge on any atom is -0.325 e. The topological polar surface area (TPSA) is 23.6 Å². The summed E-state index contributed by atoms with van der Waals surface area (Å²) in [5.74, 6) is -0.185. The van der Waals surface area contributed by atoms with Gasteiger partial charge in [0.25, 0.3) is 0 Å². The van der Waals surface area contributed by atoms with E-state index < -0.39 is 0 Å². The van der Waals surface area contributed by atoms with E-state index in [2.05, 4.69) is 6.92 Å². The summed E-state index contributed by atoms with van der Waals surface area (Å²) in [5.41, 5.74) is 1.18. The minimum absolute atomic E-state index is 0.185. The average molecular weight is 334 g/mol. The van der Waals surface area contributed by atoms with Crippen LogP contribution < -0.4 is 4.48 Å². The van der Waals surface area contributed by atoms with Crippen LogP contribution >= 0.6 is 0 Å². The third-order valence-corrected chi connectivity index (χ3v) is 5.56. The first kappa shape index (κ1) is 17.2. The molecule has 0 saturated carbocycles. The first-order valence-corrected chi connectivity index (χ1v) is 9.31. The number of halogens is 1.